The van der Waals surface area contributed by atoms with Crippen molar-refractivity contribution < 1.29 is 28.7 Å². The number of rotatable bonds is 5. The standard InChI is InChI=1S/C19H22N4O6/c1-11(2)9-22-16(26)12-5-3-4-6-13(12)23-15(25)7-8-19(22,23)17(27)29-10-14(24)21-18(20)28/h3-6,11H,7-10H2,1-2H3,(H3,20,21,24,28)/t19-/m0/s1. The lowest BCUT2D eigenvalue weighted by Crippen LogP contribution is -2.69. The number of imide groups is 1. The van der Waals surface area contributed by atoms with E-state index in [0.29, 0.717) is 11.3 Å². The Balaban J connectivity index is 2.03. The van der Waals surface area contributed by atoms with Gasteiger partial charge in [-0.1, -0.05) is 26.0 Å². The maximum atomic E-state index is 13.2. The topological polar surface area (TPSA) is 139 Å². The fourth-order valence-corrected chi connectivity index (χ4v) is 3.79. The molecule has 0 aliphatic carbocycles. The molecule has 10 heteroatoms. The summed E-state index contributed by atoms with van der Waals surface area (Å²) in [7, 11) is 0. The van der Waals surface area contributed by atoms with Crippen molar-refractivity contribution in [3.05, 3.63) is 29.8 Å². The summed E-state index contributed by atoms with van der Waals surface area (Å²) in [6, 6.07) is 5.48. The number of amides is 5. The van der Waals surface area contributed by atoms with Crippen LogP contribution in [0.1, 0.15) is 37.0 Å². The number of esters is 1. The molecular weight excluding hydrogens is 380 g/mol. The molecule has 0 spiro atoms. The van der Waals surface area contributed by atoms with Crippen LogP contribution in [0.5, 0.6) is 0 Å². The van der Waals surface area contributed by atoms with Gasteiger partial charge in [-0.15, -0.1) is 0 Å². The number of nitrogens with one attached hydrogen (secondary N) is 1. The molecule has 10 nitrogen and oxygen atoms in total. The zero-order valence-corrected chi connectivity index (χ0v) is 16.1. The minimum atomic E-state index is -1.68. The Morgan fingerprint density at radius 2 is 1.93 bits per heavy atom. The molecule has 0 saturated carbocycles. The van der Waals surface area contributed by atoms with Crippen LogP contribution < -0.4 is 16.0 Å². The van der Waals surface area contributed by atoms with Gasteiger partial charge in [0.25, 0.3) is 11.8 Å². The van der Waals surface area contributed by atoms with Crippen molar-refractivity contribution in [3.8, 4) is 0 Å². The minimum absolute atomic E-state index is 0.00426. The number of fused-ring (bicyclic) bond motifs is 3. The van der Waals surface area contributed by atoms with Crippen LogP contribution in [0.15, 0.2) is 24.3 Å². The maximum Gasteiger partial charge on any atom is 0.354 e. The summed E-state index contributed by atoms with van der Waals surface area (Å²) in [6.45, 7) is 3.21. The van der Waals surface area contributed by atoms with Gasteiger partial charge in [0, 0.05) is 19.4 Å². The van der Waals surface area contributed by atoms with Crippen LogP contribution in [-0.2, 0) is 19.1 Å². The predicted octanol–water partition coefficient (Wildman–Crippen LogP) is 0.360. The Hall–Kier alpha value is -3.43. The number of ether oxygens (including phenoxy) is 1. The molecular formula is C19H22N4O6. The third-order valence-electron chi connectivity index (χ3n) is 4.85. The van der Waals surface area contributed by atoms with E-state index in [4.69, 9.17) is 10.5 Å². The van der Waals surface area contributed by atoms with E-state index in [1.807, 2.05) is 13.8 Å². The lowest BCUT2D eigenvalue weighted by Gasteiger charge is -2.48. The third kappa shape index (κ3) is 3.41. The second-order valence-corrected chi connectivity index (χ2v) is 7.36. The molecule has 0 radical (unpaired) electrons. The van der Waals surface area contributed by atoms with Crippen molar-refractivity contribution in [2.45, 2.75) is 32.4 Å². The number of hydrogen-bond acceptors (Lipinski definition) is 6. The number of nitrogens with two attached hydrogens (primary N) is 1. The van der Waals surface area contributed by atoms with Gasteiger partial charge in [-0.3, -0.25) is 24.6 Å². The second-order valence-electron chi connectivity index (χ2n) is 7.36. The van der Waals surface area contributed by atoms with Gasteiger partial charge in [0.1, 0.15) is 0 Å². The zero-order chi connectivity index (χ0) is 21.3. The summed E-state index contributed by atoms with van der Waals surface area (Å²) in [6.07, 6.45) is 0.0771. The molecule has 2 heterocycles. The molecule has 29 heavy (non-hydrogen) atoms. The Morgan fingerprint density at radius 1 is 1.24 bits per heavy atom. The highest BCUT2D eigenvalue weighted by molar-refractivity contribution is 6.15. The summed E-state index contributed by atoms with van der Waals surface area (Å²) in [5.41, 5.74) is 3.85. The molecule has 0 bridgehead atoms. The summed E-state index contributed by atoms with van der Waals surface area (Å²) in [5, 5.41) is 1.80. The highest BCUT2D eigenvalue weighted by atomic mass is 16.5. The minimum Gasteiger partial charge on any atom is -0.452 e. The molecule has 1 aromatic rings. The van der Waals surface area contributed by atoms with E-state index in [1.165, 1.54) is 9.80 Å². The molecule has 2 aliphatic heterocycles. The van der Waals surface area contributed by atoms with Gasteiger partial charge in [0.2, 0.25) is 11.6 Å². The number of benzene rings is 1. The molecule has 0 aromatic heterocycles. The molecule has 1 fully saturated rings. The zero-order valence-electron chi connectivity index (χ0n) is 16.1. The molecule has 154 valence electrons. The van der Waals surface area contributed by atoms with Gasteiger partial charge in [-0.25, -0.2) is 9.59 Å². The number of carbonyl (C=O) groups is 5. The van der Waals surface area contributed by atoms with Crippen LogP contribution in [0.4, 0.5) is 10.5 Å². The predicted molar refractivity (Wildman–Crippen MR) is 100 cm³/mol. The first-order chi connectivity index (χ1) is 13.7. The van der Waals surface area contributed by atoms with E-state index in [1.54, 1.807) is 29.6 Å². The first kappa shape index (κ1) is 20.3. The Morgan fingerprint density at radius 3 is 2.59 bits per heavy atom. The number of hydrogen-bond donors (Lipinski definition) is 2. The number of para-hydroxylation sites is 1. The Bertz CT molecular complexity index is 898. The average molecular weight is 402 g/mol. The highest BCUT2D eigenvalue weighted by Gasteiger charge is 2.62. The first-order valence-corrected chi connectivity index (χ1v) is 9.19. The van der Waals surface area contributed by atoms with Crippen LogP contribution >= 0.6 is 0 Å². The summed E-state index contributed by atoms with van der Waals surface area (Å²) < 4.78 is 5.13. The van der Waals surface area contributed by atoms with Crippen molar-refractivity contribution in [3.63, 3.8) is 0 Å². The quantitative estimate of drug-likeness (QED) is 0.682. The van der Waals surface area contributed by atoms with E-state index in [0.717, 1.165) is 0 Å². The molecule has 3 rings (SSSR count). The number of urea groups is 1. The Labute approximate surface area is 166 Å². The molecule has 1 aromatic carbocycles. The third-order valence-corrected chi connectivity index (χ3v) is 4.85. The summed E-state index contributed by atoms with van der Waals surface area (Å²) in [5.74, 6) is -2.52. The monoisotopic (exact) mass is 402 g/mol. The average Bonchev–Trinajstić information content (AvgIpc) is 3.01. The summed E-state index contributed by atoms with van der Waals surface area (Å²) >= 11 is 0. The Kier molecular flexibility index (Phi) is 5.27. The van der Waals surface area contributed by atoms with Crippen molar-refractivity contribution in [2.75, 3.05) is 18.1 Å². The smallest absolute Gasteiger partial charge is 0.354 e. The first-order valence-electron chi connectivity index (χ1n) is 9.19. The molecule has 1 atom stereocenters. The van der Waals surface area contributed by atoms with Gasteiger partial charge in [0.15, 0.2) is 6.61 Å². The maximum absolute atomic E-state index is 13.2. The number of primary amides is 1. The molecule has 1 saturated heterocycles. The van der Waals surface area contributed by atoms with E-state index >= 15 is 0 Å². The van der Waals surface area contributed by atoms with Crippen molar-refractivity contribution in [2.24, 2.45) is 11.7 Å². The van der Waals surface area contributed by atoms with E-state index in [2.05, 4.69) is 0 Å². The van der Waals surface area contributed by atoms with E-state index in [9.17, 15) is 24.0 Å². The molecule has 5 amide bonds. The van der Waals surface area contributed by atoms with Crippen LogP contribution in [-0.4, -0.2) is 53.4 Å². The van der Waals surface area contributed by atoms with Gasteiger partial charge in [-0.2, -0.15) is 0 Å². The van der Waals surface area contributed by atoms with Crippen LogP contribution in [0.25, 0.3) is 0 Å². The summed E-state index contributed by atoms with van der Waals surface area (Å²) in [4.78, 5) is 64.2. The largest absolute Gasteiger partial charge is 0.452 e. The van der Waals surface area contributed by atoms with Gasteiger partial charge in [-0.05, 0) is 18.1 Å². The van der Waals surface area contributed by atoms with Crippen molar-refractivity contribution in [1.82, 2.24) is 10.2 Å². The number of anilines is 1. The normalized spacial score (nSPS) is 20.4. The number of nitrogens with zero attached hydrogens (tertiary/aromatic N) is 2. The van der Waals surface area contributed by atoms with Crippen molar-refractivity contribution in [1.29, 1.82) is 0 Å². The van der Waals surface area contributed by atoms with Crippen LogP contribution in [0, 0.1) is 5.92 Å². The molecule has 0 unspecified atom stereocenters. The van der Waals surface area contributed by atoms with Crippen molar-refractivity contribution >= 4 is 35.4 Å². The SMILES string of the molecule is CC(C)CN1C(=O)c2ccccc2N2C(=O)CC[C@]12C(=O)OCC(=O)NC(N)=O. The molecule has 2 aliphatic rings. The van der Waals surface area contributed by atoms with Gasteiger partial charge in [0.05, 0.1) is 11.3 Å². The number of carbonyl (C=O) groups excluding carboxylic acids is 5. The van der Waals surface area contributed by atoms with Gasteiger partial charge >= 0.3 is 12.0 Å². The van der Waals surface area contributed by atoms with E-state index < -0.39 is 36.1 Å². The van der Waals surface area contributed by atoms with E-state index in [-0.39, 0.29) is 31.2 Å². The van der Waals surface area contributed by atoms with Crippen LogP contribution in [0.2, 0.25) is 0 Å². The van der Waals surface area contributed by atoms with Crippen LogP contribution in [0.3, 0.4) is 0 Å². The fraction of sp³-hybridized carbons (Fsp3) is 0.421. The van der Waals surface area contributed by atoms with Gasteiger partial charge < -0.3 is 15.4 Å². The lowest BCUT2D eigenvalue weighted by atomic mass is 9.95. The second kappa shape index (κ2) is 7.53. The fourth-order valence-electron chi connectivity index (χ4n) is 3.79. The highest BCUT2D eigenvalue weighted by Crippen LogP contribution is 2.45. The lowest BCUT2D eigenvalue weighted by molar-refractivity contribution is -0.160. The molecule has 3 N–H and O–H groups in total.